The molecule has 4 nitrogen and oxygen atoms in total. The molecule has 0 aromatic rings. The van der Waals surface area contributed by atoms with E-state index in [2.05, 4.69) is 12.2 Å². The normalized spacial score (nSPS) is 22.4. The Morgan fingerprint density at radius 2 is 1.68 bits per heavy atom. The third-order valence-corrected chi connectivity index (χ3v) is 4.00. The molecule has 1 amide bonds. The molecule has 0 radical (unpaired) electrons. The molecule has 1 fully saturated rings. The van der Waals surface area contributed by atoms with Crippen molar-refractivity contribution in [1.82, 2.24) is 5.32 Å². The monoisotopic (exact) mass is 269 g/mol. The van der Waals surface area contributed by atoms with Crippen LogP contribution in [-0.2, 0) is 9.59 Å². The molecule has 2 atom stereocenters. The predicted molar refractivity (Wildman–Crippen MR) is 74.9 cm³/mol. The second kappa shape index (κ2) is 8.94. The van der Waals surface area contributed by atoms with Gasteiger partial charge in [-0.05, 0) is 19.3 Å². The molecular weight excluding hydrogens is 242 g/mol. The van der Waals surface area contributed by atoms with Gasteiger partial charge in [-0.3, -0.25) is 9.59 Å². The minimum absolute atomic E-state index is 0.0570. The van der Waals surface area contributed by atoms with Crippen molar-refractivity contribution in [3.63, 3.8) is 0 Å². The van der Waals surface area contributed by atoms with Crippen LogP contribution in [0, 0.1) is 11.8 Å². The minimum atomic E-state index is -0.822. The topological polar surface area (TPSA) is 66.4 Å². The lowest BCUT2D eigenvalue weighted by Gasteiger charge is -2.15. The average Bonchev–Trinajstić information content (AvgIpc) is 2.87. The smallest absolute Gasteiger partial charge is 0.307 e. The van der Waals surface area contributed by atoms with Crippen molar-refractivity contribution in [3.05, 3.63) is 0 Å². The lowest BCUT2D eigenvalue weighted by Crippen LogP contribution is -2.35. The van der Waals surface area contributed by atoms with Gasteiger partial charge >= 0.3 is 5.97 Å². The summed E-state index contributed by atoms with van der Waals surface area (Å²) in [6.07, 6.45) is 9.39. The Balaban J connectivity index is 2.12. The Kier molecular flexibility index (Phi) is 7.53. The first-order valence-corrected chi connectivity index (χ1v) is 7.67. The van der Waals surface area contributed by atoms with Crippen molar-refractivity contribution in [3.8, 4) is 0 Å². The fraction of sp³-hybridized carbons (Fsp3) is 0.867. The van der Waals surface area contributed by atoms with Crippen LogP contribution in [0.15, 0.2) is 0 Å². The summed E-state index contributed by atoms with van der Waals surface area (Å²) < 4.78 is 0. The SMILES string of the molecule is CCCCCCCCNC(=O)C1CCCC1C(=O)O. The second-order valence-corrected chi connectivity index (χ2v) is 5.54. The highest BCUT2D eigenvalue weighted by Gasteiger charge is 2.37. The van der Waals surface area contributed by atoms with Crippen molar-refractivity contribution in [1.29, 1.82) is 0 Å². The van der Waals surface area contributed by atoms with Gasteiger partial charge in [-0.1, -0.05) is 45.4 Å². The van der Waals surface area contributed by atoms with Crippen LogP contribution in [0.3, 0.4) is 0 Å². The molecule has 1 aliphatic rings. The number of carbonyl (C=O) groups excluding carboxylic acids is 1. The predicted octanol–water partition coefficient (Wildman–Crippen LogP) is 2.96. The van der Waals surface area contributed by atoms with Crippen LogP contribution in [-0.4, -0.2) is 23.5 Å². The molecule has 0 bridgehead atoms. The van der Waals surface area contributed by atoms with Crippen LogP contribution >= 0.6 is 0 Å². The molecule has 2 N–H and O–H groups in total. The largest absolute Gasteiger partial charge is 0.481 e. The lowest BCUT2D eigenvalue weighted by atomic mass is 9.95. The summed E-state index contributed by atoms with van der Waals surface area (Å²) in [5.74, 6) is -1.65. The van der Waals surface area contributed by atoms with Crippen LogP contribution in [0.2, 0.25) is 0 Å². The molecule has 4 heteroatoms. The van der Waals surface area contributed by atoms with Crippen molar-refractivity contribution in [2.45, 2.75) is 64.7 Å². The summed E-state index contributed by atoms with van der Waals surface area (Å²) in [5, 5.41) is 11.9. The third-order valence-electron chi connectivity index (χ3n) is 4.00. The number of hydrogen-bond acceptors (Lipinski definition) is 2. The molecule has 1 aliphatic carbocycles. The van der Waals surface area contributed by atoms with E-state index in [-0.39, 0.29) is 11.8 Å². The third kappa shape index (κ3) is 5.62. The highest BCUT2D eigenvalue weighted by Crippen LogP contribution is 2.31. The Labute approximate surface area is 116 Å². The molecule has 0 spiro atoms. The summed E-state index contributed by atoms with van der Waals surface area (Å²) in [6.45, 7) is 2.88. The Bertz CT molecular complexity index is 291. The number of aliphatic carboxylic acids is 1. The molecule has 0 heterocycles. The van der Waals surface area contributed by atoms with E-state index in [1.165, 1.54) is 25.7 Å². The zero-order valence-electron chi connectivity index (χ0n) is 12.0. The first-order chi connectivity index (χ1) is 9.16. The molecule has 1 saturated carbocycles. The van der Waals surface area contributed by atoms with E-state index in [1.54, 1.807) is 0 Å². The maximum Gasteiger partial charge on any atom is 0.307 e. The number of unbranched alkanes of at least 4 members (excludes halogenated alkanes) is 5. The molecule has 110 valence electrons. The van der Waals surface area contributed by atoms with Gasteiger partial charge in [0.25, 0.3) is 0 Å². The van der Waals surface area contributed by atoms with E-state index in [4.69, 9.17) is 5.11 Å². The number of carboxylic acid groups (broad SMARTS) is 1. The molecule has 19 heavy (non-hydrogen) atoms. The van der Waals surface area contributed by atoms with Crippen molar-refractivity contribution >= 4 is 11.9 Å². The van der Waals surface area contributed by atoms with Gasteiger partial charge in [0.2, 0.25) is 5.91 Å². The Morgan fingerprint density at radius 1 is 1.05 bits per heavy atom. The van der Waals surface area contributed by atoms with Gasteiger partial charge in [0, 0.05) is 6.54 Å². The molecule has 1 rings (SSSR count). The molecule has 0 aromatic heterocycles. The van der Waals surface area contributed by atoms with E-state index in [0.29, 0.717) is 13.0 Å². The summed E-state index contributed by atoms with van der Waals surface area (Å²) in [7, 11) is 0. The van der Waals surface area contributed by atoms with Crippen molar-refractivity contribution < 1.29 is 14.7 Å². The van der Waals surface area contributed by atoms with Crippen LogP contribution in [0.25, 0.3) is 0 Å². The summed E-state index contributed by atoms with van der Waals surface area (Å²) >= 11 is 0. The zero-order valence-corrected chi connectivity index (χ0v) is 12.0. The molecule has 0 aromatic carbocycles. The fourth-order valence-electron chi connectivity index (χ4n) is 2.82. The fourth-order valence-corrected chi connectivity index (χ4v) is 2.82. The Morgan fingerprint density at radius 3 is 2.37 bits per heavy atom. The van der Waals surface area contributed by atoms with Crippen LogP contribution < -0.4 is 5.32 Å². The number of rotatable bonds is 9. The highest BCUT2D eigenvalue weighted by atomic mass is 16.4. The van der Waals surface area contributed by atoms with Crippen molar-refractivity contribution in [2.75, 3.05) is 6.54 Å². The first kappa shape index (κ1) is 16.0. The van der Waals surface area contributed by atoms with E-state index < -0.39 is 11.9 Å². The molecule has 0 aliphatic heterocycles. The first-order valence-electron chi connectivity index (χ1n) is 7.67. The standard InChI is InChI=1S/C15H27NO3/c1-2-3-4-5-6-7-11-16-14(17)12-9-8-10-13(12)15(18)19/h12-13H,2-11H2,1H3,(H,16,17)(H,18,19). The highest BCUT2D eigenvalue weighted by molar-refractivity contribution is 5.85. The van der Waals surface area contributed by atoms with Crippen LogP contribution in [0.1, 0.15) is 64.7 Å². The van der Waals surface area contributed by atoms with E-state index in [9.17, 15) is 9.59 Å². The number of hydrogen-bond donors (Lipinski definition) is 2. The van der Waals surface area contributed by atoms with Crippen molar-refractivity contribution in [2.24, 2.45) is 11.8 Å². The molecular formula is C15H27NO3. The van der Waals surface area contributed by atoms with Gasteiger partial charge in [0.05, 0.1) is 11.8 Å². The number of nitrogens with one attached hydrogen (secondary N) is 1. The van der Waals surface area contributed by atoms with E-state index >= 15 is 0 Å². The maximum atomic E-state index is 11.9. The maximum absolute atomic E-state index is 11.9. The number of carboxylic acids is 1. The van der Waals surface area contributed by atoms with Gasteiger partial charge in [-0.25, -0.2) is 0 Å². The van der Waals surface area contributed by atoms with Gasteiger partial charge < -0.3 is 10.4 Å². The van der Waals surface area contributed by atoms with E-state index in [0.717, 1.165) is 25.7 Å². The minimum Gasteiger partial charge on any atom is -0.481 e. The van der Waals surface area contributed by atoms with Gasteiger partial charge in [-0.15, -0.1) is 0 Å². The Hall–Kier alpha value is -1.06. The van der Waals surface area contributed by atoms with Gasteiger partial charge in [0.1, 0.15) is 0 Å². The molecule has 2 unspecified atom stereocenters. The number of carbonyl (C=O) groups is 2. The van der Waals surface area contributed by atoms with Gasteiger partial charge in [-0.2, -0.15) is 0 Å². The van der Waals surface area contributed by atoms with Crippen LogP contribution in [0.4, 0.5) is 0 Å². The lowest BCUT2D eigenvalue weighted by molar-refractivity contribution is -0.146. The summed E-state index contributed by atoms with van der Waals surface area (Å²) in [4.78, 5) is 22.9. The van der Waals surface area contributed by atoms with Gasteiger partial charge in [0.15, 0.2) is 0 Å². The zero-order chi connectivity index (χ0) is 14.1. The molecule has 0 saturated heterocycles. The van der Waals surface area contributed by atoms with E-state index in [1.807, 2.05) is 0 Å². The quantitative estimate of drug-likeness (QED) is 0.632. The summed E-state index contributed by atoms with van der Waals surface area (Å²) in [5.41, 5.74) is 0. The second-order valence-electron chi connectivity index (χ2n) is 5.54. The number of amides is 1. The summed E-state index contributed by atoms with van der Waals surface area (Å²) in [6, 6.07) is 0. The average molecular weight is 269 g/mol. The van der Waals surface area contributed by atoms with Crippen LogP contribution in [0.5, 0.6) is 0 Å².